The van der Waals surface area contributed by atoms with Crippen molar-refractivity contribution >= 4 is 0 Å². The van der Waals surface area contributed by atoms with Gasteiger partial charge >= 0.3 is 0 Å². The van der Waals surface area contributed by atoms with Gasteiger partial charge in [-0.25, -0.2) is 4.39 Å². The molecule has 0 saturated heterocycles. The van der Waals surface area contributed by atoms with Crippen molar-refractivity contribution in [3.63, 3.8) is 0 Å². The zero-order chi connectivity index (χ0) is 16.9. The quantitative estimate of drug-likeness (QED) is 0.843. The van der Waals surface area contributed by atoms with Gasteiger partial charge in [-0.3, -0.25) is 0 Å². The molecule has 2 N–H and O–H groups in total. The van der Waals surface area contributed by atoms with E-state index in [0.717, 1.165) is 6.42 Å². The number of hydrogen-bond acceptors (Lipinski definition) is 2. The number of benzene rings is 2. The second kappa shape index (κ2) is 7.60. The molecule has 3 heteroatoms. The Labute approximate surface area is 138 Å². The molecule has 0 heterocycles. The molecule has 23 heavy (non-hydrogen) atoms. The van der Waals surface area contributed by atoms with E-state index < -0.39 is 0 Å². The third-order valence-electron chi connectivity index (χ3n) is 4.08. The van der Waals surface area contributed by atoms with Gasteiger partial charge in [0, 0.05) is 0 Å². The standard InChI is InChI=1S/C20H26FNO/c1-20(2,3)17-6-4-15(5-7-17)16(14-22)12-13-23-19-10-8-18(21)9-11-19/h4-11,16H,12-14,22H2,1-3H3. The lowest BCUT2D eigenvalue weighted by molar-refractivity contribution is 0.298. The Morgan fingerprint density at radius 2 is 1.61 bits per heavy atom. The summed E-state index contributed by atoms with van der Waals surface area (Å²) in [6.45, 7) is 7.77. The molecule has 0 bridgehead atoms. The molecule has 1 unspecified atom stereocenters. The highest BCUT2D eigenvalue weighted by atomic mass is 19.1. The van der Waals surface area contributed by atoms with E-state index in [0.29, 0.717) is 18.9 Å². The summed E-state index contributed by atoms with van der Waals surface area (Å²) >= 11 is 0. The van der Waals surface area contributed by atoms with Crippen molar-refractivity contribution < 1.29 is 9.13 Å². The predicted octanol–water partition coefficient (Wildman–Crippen LogP) is 4.63. The van der Waals surface area contributed by atoms with Crippen LogP contribution in [-0.4, -0.2) is 13.2 Å². The van der Waals surface area contributed by atoms with E-state index in [4.69, 9.17) is 10.5 Å². The van der Waals surface area contributed by atoms with Crippen molar-refractivity contribution in [2.24, 2.45) is 5.73 Å². The molecule has 0 aromatic heterocycles. The first-order chi connectivity index (χ1) is 10.9. The minimum absolute atomic E-state index is 0.155. The predicted molar refractivity (Wildman–Crippen MR) is 93.4 cm³/mol. The third-order valence-corrected chi connectivity index (χ3v) is 4.08. The van der Waals surface area contributed by atoms with Crippen LogP contribution in [0.15, 0.2) is 48.5 Å². The van der Waals surface area contributed by atoms with E-state index in [2.05, 4.69) is 45.0 Å². The molecule has 2 aromatic rings. The first-order valence-electron chi connectivity index (χ1n) is 8.09. The van der Waals surface area contributed by atoms with Gasteiger partial charge < -0.3 is 10.5 Å². The minimum atomic E-state index is -0.254. The molecule has 0 amide bonds. The molecular weight excluding hydrogens is 289 g/mol. The normalized spacial score (nSPS) is 12.9. The summed E-state index contributed by atoms with van der Waals surface area (Å²) in [7, 11) is 0. The Morgan fingerprint density at radius 3 is 2.13 bits per heavy atom. The summed E-state index contributed by atoms with van der Waals surface area (Å²) in [5.74, 6) is 0.700. The lowest BCUT2D eigenvalue weighted by Crippen LogP contribution is -2.16. The van der Waals surface area contributed by atoms with Gasteiger partial charge in [-0.15, -0.1) is 0 Å². The van der Waals surface area contributed by atoms with Crippen molar-refractivity contribution in [3.8, 4) is 5.75 Å². The summed E-state index contributed by atoms with van der Waals surface area (Å²) in [6.07, 6.45) is 0.836. The van der Waals surface area contributed by atoms with Crippen LogP contribution in [0.3, 0.4) is 0 Å². The number of halogens is 1. The highest BCUT2D eigenvalue weighted by Crippen LogP contribution is 2.25. The smallest absolute Gasteiger partial charge is 0.123 e. The van der Waals surface area contributed by atoms with Crippen LogP contribution in [0.25, 0.3) is 0 Å². The highest BCUT2D eigenvalue weighted by molar-refractivity contribution is 5.29. The molecule has 2 nitrogen and oxygen atoms in total. The summed E-state index contributed by atoms with van der Waals surface area (Å²) in [5.41, 5.74) is 8.64. The maximum atomic E-state index is 12.9. The summed E-state index contributed by atoms with van der Waals surface area (Å²) in [4.78, 5) is 0. The molecule has 0 saturated carbocycles. The molecular formula is C20H26FNO. The zero-order valence-corrected chi connectivity index (χ0v) is 14.2. The van der Waals surface area contributed by atoms with Crippen molar-refractivity contribution in [2.75, 3.05) is 13.2 Å². The van der Waals surface area contributed by atoms with Crippen molar-refractivity contribution in [2.45, 2.75) is 38.5 Å². The van der Waals surface area contributed by atoms with Crippen molar-refractivity contribution in [1.29, 1.82) is 0 Å². The van der Waals surface area contributed by atoms with E-state index >= 15 is 0 Å². The largest absolute Gasteiger partial charge is 0.494 e. The molecule has 2 rings (SSSR count). The van der Waals surface area contributed by atoms with Gasteiger partial charge in [-0.05, 0) is 59.7 Å². The fourth-order valence-corrected chi connectivity index (χ4v) is 2.53. The van der Waals surface area contributed by atoms with Crippen LogP contribution in [-0.2, 0) is 5.41 Å². The fraction of sp³-hybridized carbons (Fsp3) is 0.400. The van der Waals surface area contributed by atoms with Crippen LogP contribution < -0.4 is 10.5 Å². The maximum absolute atomic E-state index is 12.9. The van der Waals surface area contributed by atoms with Crippen LogP contribution in [0.5, 0.6) is 5.75 Å². The van der Waals surface area contributed by atoms with E-state index in [1.54, 1.807) is 12.1 Å². The Bertz CT molecular complexity index is 599. The Hall–Kier alpha value is -1.87. The number of rotatable bonds is 6. The average Bonchev–Trinajstić information content (AvgIpc) is 2.53. The van der Waals surface area contributed by atoms with E-state index in [1.165, 1.54) is 23.3 Å². The topological polar surface area (TPSA) is 35.2 Å². The maximum Gasteiger partial charge on any atom is 0.123 e. The average molecular weight is 315 g/mol. The molecule has 2 aromatic carbocycles. The lowest BCUT2D eigenvalue weighted by Gasteiger charge is -2.21. The Kier molecular flexibility index (Phi) is 5.78. The highest BCUT2D eigenvalue weighted by Gasteiger charge is 2.15. The van der Waals surface area contributed by atoms with Crippen LogP contribution >= 0.6 is 0 Å². The van der Waals surface area contributed by atoms with Gasteiger partial charge in [0.1, 0.15) is 11.6 Å². The third kappa shape index (κ3) is 5.07. The monoisotopic (exact) mass is 315 g/mol. The van der Waals surface area contributed by atoms with E-state index in [1.807, 2.05) is 0 Å². The first-order valence-corrected chi connectivity index (χ1v) is 8.09. The minimum Gasteiger partial charge on any atom is -0.494 e. The van der Waals surface area contributed by atoms with Gasteiger partial charge in [0.05, 0.1) is 6.61 Å². The van der Waals surface area contributed by atoms with Gasteiger partial charge in [0.2, 0.25) is 0 Å². The van der Waals surface area contributed by atoms with Crippen LogP contribution in [0, 0.1) is 5.82 Å². The molecule has 0 aliphatic heterocycles. The summed E-state index contributed by atoms with van der Waals surface area (Å²) in [6, 6.07) is 14.8. The van der Waals surface area contributed by atoms with Crippen molar-refractivity contribution in [1.82, 2.24) is 0 Å². The summed E-state index contributed by atoms with van der Waals surface area (Å²) < 4.78 is 18.5. The SMILES string of the molecule is CC(C)(C)c1ccc(C(CN)CCOc2ccc(F)cc2)cc1. The zero-order valence-electron chi connectivity index (χ0n) is 14.2. The van der Waals surface area contributed by atoms with Crippen LogP contribution in [0.1, 0.15) is 44.2 Å². The molecule has 0 spiro atoms. The van der Waals surface area contributed by atoms with E-state index in [9.17, 15) is 4.39 Å². The number of nitrogens with two attached hydrogens (primary N) is 1. The number of hydrogen-bond donors (Lipinski definition) is 1. The molecule has 0 fully saturated rings. The van der Waals surface area contributed by atoms with Crippen LogP contribution in [0.4, 0.5) is 4.39 Å². The lowest BCUT2D eigenvalue weighted by atomic mass is 9.85. The first kappa shape index (κ1) is 17.5. The fourth-order valence-electron chi connectivity index (χ4n) is 2.53. The van der Waals surface area contributed by atoms with Gasteiger partial charge in [-0.1, -0.05) is 45.0 Å². The molecule has 0 aliphatic carbocycles. The molecule has 0 radical (unpaired) electrons. The van der Waals surface area contributed by atoms with Gasteiger partial charge in [-0.2, -0.15) is 0 Å². The molecule has 124 valence electrons. The van der Waals surface area contributed by atoms with Gasteiger partial charge in [0.15, 0.2) is 0 Å². The Morgan fingerprint density at radius 1 is 1.00 bits per heavy atom. The molecule has 0 aliphatic rings. The number of ether oxygens (including phenoxy) is 1. The van der Waals surface area contributed by atoms with Crippen molar-refractivity contribution in [3.05, 3.63) is 65.5 Å². The summed E-state index contributed by atoms with van der Waals surface area (Å²) in [5, 5.41) is 0. The van der Waals surface area contributed by atoms with Crippen LogP contribution in [0.2, 0.25) is 0 Å². The second-order valence-electron chi connectivity index (χ2n) is 6.90. The Balaban J connectivity index is 1.93. The second-order valence-corrected chi connectivity index (χ2v) is 6.90. The van der Waals surface area contributed by atoms with E-state index in [-0.39, 0.29) is 17.2 Å². The molecule has 1 atom stereocenters. The van der Waals surface area contributed by atoms with Gasteiger partial charge in [0.25, 0.3) is 0 Å².